The Bertz CT molecular complexity index is 775. The first kappa shape index (κ1) is 19.3. The minimum absolute atomic E-state index is 0.0688. The molecular weight excluding hydrogens is 344 g/mol. The lowest BCUT2D eigenvalue weighted by Gasteiger charge is -2.17. The van der Waals surface area contributed by atoms with Gasteiger partial charge in [0.2, 0.25) is 5.91 Å². The summed E-state index contributed by atoms with van der Waals surface area (Å²) in [5, 5.41) is 11.3. The Labute approximate surface area is 159 Å². The minimum atomic E-state index is -0.0688. The molecule has 0 saturated carbocycles. The van der Waals surface area contributed by atoms with Crippen LogP contribution in [-0.4, -0.2) is 49.7 Å². The number of carbonyl (C=O) groups excluding carboxylic acids is 1. The van der Waals surface area contributed by atoms with Gasteiger partial charge in [-0.3, -0.25) is 14.7 Å². The second-order valence-electron chi connectivity index (χ2n) is 6.97. The molecule has 0 spiro atoms. The molecule has 1 amide bonds. The van der Waals surface area contributed by atoms with E-state index in [0.29, 0.717) is 6.54 Å². The van der Waals surface area contributed by atoms with Gasteiger partial charge in [-0.05, 0) is 25.8 Å². The molecule has 1 aliphatic heterocycles. The number of hydrogen-bond donors (Lipinski definition) is 1. The molecule has 1 aliphatic rings. The van der Waals surface area contributed by atoms with Crippen LogP contribution in [-0.2, 0) is 24.4 Å². The molecule has 0 aromatic carbocycles. The van der Waals surface area contributed by atoms with Gasteiger partial charge < -0.3 is 14.6 Å². The van der Waals surface area contributed by atoms with E-state index in [1.165, 1.54) is 6.92 Å². The highest BCUT2D eigenvalue weighted by atomic mass is 16.5. The molecule has 3 heterocycles. The van der Waals surface area contributed by atoms with E-state index in [2.05, 4.69) is 36.9 Å². The largest absolute Gasteiger partial charge is 0.489 e. The zero-order chi connectivity index (χ0) is 19.2. The number of pyridine rings is 1. The molecule has 1 unspecified atom stereocenters. The van der Waals surface area contributed by atoms with Crippen LogP contribution in [0.1, 0.15) is 44.0 Å². The minimum Gasteiger partial charge on any atom is -0.489 e. The first-order valence-electron chi connectivity index (χ1n) is 9.52. The number of ether oxygens (including phenoxy) is 1. The molecule has 1 saturated heterocycles. The molecule has 0 bridgehead atoms. The lowest BCUT2D eigenvalue weighted by Crippen LogP contribution is -2.26. The average Bonchev–Trinajstić information content (AvgIpc) is 3.22. The lowest BCUT2D eigenvalue weighted by molar-refractivity contribution is -0.119. The van der Waals surface area contributed by atoms with Gasteiger partial charge in [0.25, 0.3) is 0 Å². The molecule has 3 rings (SSSR count). The highest BCUT2D eigenvalue weighted by Gasteiger charge is 2.25. The molecule has 1 atom stereocenters. The van der Waals surface area contributed by atoms with Gasteiger partial charge in [0.1, 0.15) is 23.5 Å². The fourth-order valence-corrected chi connectivity index (χ4v) is 3.33. The molecule has 27 heavy (non-hydrogen) atoms. The van der Waals surface area contributed by atoms with Gasteiger partial charge in [0.05, 0.1) is 18.8 Å². The predicted octanol–water partition coefficient (Wildman–Crippen LogP) is 1.68. The van der Waals surface area contributed by atoms with Gasteiger partial charge in [-0.2, -0.15) is 0 Å². The SMILES string of the molecule is CCCn1c(C)nnc1CN1CCC(Oc2ccnc(CNC(C)=O)c2)C1. The topological polar surface area (TPSA) is 85.2 Å². The predicted molar refractivity (Wildman–Crippen MR) is 101 cm³/mol. The van der Waals surface area contributed by atoms with Crippen LogP contribution in [0.15, 0.2) is 18.3 Å². The van der Waals surface area contributed by atoms with Crippen LogP contribution < -0.4 is 10.1 Å². The standard InChI is InChI=1S/C19H28N6O2/c1-4-8-25-14(2)22-23-19(25)13-24-9-6-18(12-24)27-17-5-7-20-16(10-17)11-21-15(3)26/h5,7,10,18H,4,6,8-9,11-13H2,1-3H3,(H,21,26). The van der Waals surface area contributed by atoms with Crippen molar-refractivity contribution in [1.29, 1.82) is 0 Å². The summed E-state index contributed by atoms with van der Waals surface area (Å²) in [5.74, 6) is 2.72. The monoisotopic (exact) mass is 372 g/mol. The van der Waals surface area contributed by atoms with Crippen molar-refractivity contribution >= 4 is 5.91 Å². The summed E-state index contributed by atoms with van der Waals surface area (Å²) in [6.45, 7) is 9.67. The Hall–Kier alpha value is -2.48. The van der Waals surface area contributed by atoms with Gasteiger partial charge in [-0.15, -0.1) is 10.2 Å². The Balaban J connectivity index is 1.54. The van der Waals surface area contributed by atoms with Gasteiger partial charge in [-0.1, -0.05) is 6.92 Å². The second-order valence-corrected chi connectivity index (χ2v) is 6.97. The third kappa shape index (κ3) is 5.26. The molecule has 8 heteroatoms. The van der Waals surface area contributed by atoms with Crippen LogP contribution in [0.25, 0.3) is 0 Å². The van der Waals surface area contributed by atoms with Crippen molar-refractivity contribution in [3.63, 3.8) is 0 Å². The highest BCUT2D eigenvalue weighted by Crippen LogP contribution is 2.20. The fourth-order valence-electron chi connectivity index (χ4n) is 3.33. The van der Waals surface area contributed by atoms with Crippen LogP contribution in [0.2, 0.25) is 0 Å². The van der Waals surface area contributed by atoms with Crippen LogP contribution >= 0.6 is 0 Å². The summed E-state index contributed by atoms with van der Waals surface area (Å²) in [5.41, 5.74) is 0.792. The maximum absolute atomic E-state index is 11.0. The quantitative estimate of drug-likeness (QED) is 0.759. The van der Waals surface area contributed by atoms with Crippen LogP contribution in [0.3, 0.4) is 0 Å². The van der Waals surface area contributed by atoms with Crippen molar-refractivity contribution < 1.29 is 9.53 Å². The van der Waals surface area contributed by atoms with E-state index in [0.717, 1.165) is 62.1 Å². The molecule has 2 aromatic heterocycles. The van der Waals surface area contributed by atoms with Crippen molar-refractivity contribution in [3.05, 3.63) is 35.7 Å². The van der Waals surface area contributed by atoms with Crippen LogP contribution in [0, 0.1) is 6.92 Å². The third-order valence-electron chi connectivity index (χ3n) is 4.66. The number of likely N-dealkylation sites (tertiary alicyclic amines) is 1. The number of amides is 1. The van der Waals surface area contributed by atoms with Crippen molar-refractivity contribution in [2.45, 2.75) is 59.4 Å². The zero-order valence-electron chi connectivity index (χ0n) is 16.3. The van der Waals surface area contributed by atoms with E-state index < -0.39 is 0 Å². The summed E-state index contributed by atoms with van der Waals surface area (Å²) >= 11 is 0. The molecule has 1 fully saturated rings. The van der Waals surface area contributed by atoms with Crippen LogP contribution in [0.5, 0.6) is 5.75 Å². The molecular formula is C19H28N6O2. The van der Waals surface area contributed by atoms with E-state index in [-0.39, 0.29) is 12.0 Å². The van der Waals surface area contributed by atoms with Gasteiger partial charge in [-0.25, -0.2) is 0 Å². The number of rotatable bonds is 8. The molecule has 0 radical (unpaired) electrons. The average molecular weight is 372 g/mol. The van der Waals surface area contributed by atoms with Crippen molar-refractivity contribution in [3.8, 4) is 5.75 Å². The Kier molecular flexibility index (Phi) is 6.39. The Morgan fingerprint density at radius 3 is 3.04 bits per heavy atom. The first-order chi connectivity index (χ1) is 13.0. The van der Waals surface area contributed by atoms with Crippen LogP contribution in [0.4, 0.5) is 0 Å². The van der Waals surface area contributed by atoms with Crippen molar-refractivity contribution in [1.82, 2.24) is 30.0 Å². The molecule has 1 N–H and O–H groups in total. The summed E-state index contributed by atoms with van der Waals surface area (Å²) in [6, 6.07) is 3.75. The maximum atomic E-state index is 11.0. The van der Waals surface area contributed by atoms with E-state index in [1.54, 1.807) is 6.20 Å². The van der Waals surface area contributed by atoms with Gasteiger partial charge in [0.15, 0.2) is 0 Å². The lowest BCUT2D eigenvalue weighted by atomic mass is 10.3. The highest BCUT2D eigenvalue weighted by molar-refractivity contribution is 5.72. The summed E-state index contributed by atoms with van der Waals surface area (Å²) in [6.07, 6.45) is 3.91. The number of hydrogen-bond acceptors (Lipinski definition) is 6. The zero-order valence-corrected chi connectivity index (χ0v) is 16.3. The van der Waals surface area contributed by atoms with Crippen molar-refractivity contribution in [2.24, 2.45) is 0 Å². The molecule has 2 aromatic rings. The second kappa shape index (κ2) is 8.94. The first-order valence-corrected chi connectivity index (χ1v) is 9.52. The number of aromatic nitrogens is 4. The maximum Gasteiger partial charge on any atom is 0.217 e. The van der Waals surface area contributed by atoms with Crippen molar-refractivity contribution in [2.75, 3.05) is 13.1 Å². The number of aryl methyl sites for hydroxylation is 1. The summed E-state index contributed by atoms with van der Waals surface area (Å²) < 4.78 is 8.34. The Morgan fingerprint density at radius 2 is 2.26 bits per heavy atom. The fraction of sp³-hybridized carbons (Fsp3) is 0.579. The van der Waals surface area contributed by atoms with Gasteiger partial charge in [0, 0.05) is 38.8 Å². The van der Waals surface area contributed by atoms with E-state index >= 15 is 0 Å². The molecule has 0 aliphatic carbocycles. The van der Waals surface area contributed by atoms with E-state index in [1.807, 2.05) is 19.1 Å². The molecule has 146 valence electrons. The summed E-state index contributed by atoms with van der Waals surface area (Å²) in [4.78, 5) is 17.7. The number of carbonyl (C=O) groups is 1. The summed E-state index contributed by atoms with van der Waals surface area (Å²) in [7, 11) is 0. The number of nitrogens with one attached hydrogen (secondary N) is 1. The smallest absolute Gasteiger partial charge is 0.217 e. The van der Waals surface area contributed by atoms with E-state index in [4.69, 9.17) is 4.74 Å². The van der Waals surface area contributed by atoms with Gasteiger partial charge >= 0.3 is 0 Å². The molecule has 8 nitrogen and oxygen atoms in total. The van der Waals surface area contributed by atoms with E-state index in [9.17, 15) is 4.79 Å². The Morgan fingerprint density at radius 1 is 1.41 bits per heavy atom. The number of nitrogens with zero attached hydrogens (tertiary/aromatic N) is 5. The normalized spacial score (nSPS) is 17.2. The third-order valence-corrected chi connectivity index (χ3v) is 4.66.